The van der Waals surface area contributed by atoms with Gasteiger partial charge in [0.05, 0.1) is 0 Å². The summed E-state index contributed by atoms with van der Waals surface area (Å²) in [5.41, 5.74) is 0.728. The highest BCUT2D eigenvalue weighted by Crippen LogP contribution is 2.10. The van der Waals surface area contributed by atoms with Crippen molar-refractivity contribution in [3.8, 4) is 0 Å². The van der Waals surface area contributed by atoms with E-state index in [0.29, 0.717) is 5.69 Å². The van der Waals surface area contributed by atoms with E-state index in [0.717, 1.165) is 0 Å². The van der Waals surface area contributed by atoms with Gasteiger partial charge >= 0.3 is 0 Å². The second-order valence-corrected chi connectivity index (χ2v) is 3.47. The van der Waals surface area contributed by atoms with E-state index >= 15 is 0 Å². The van der Waals surface area contributed by atoms with Crippen molar-refractivity contribution in [3.05, 3.63) is 39.9 Å². The Balaban J connectivity index is 2.65. The van der Waals surface area contributed by atoms with Gasteiger partial charge in [-0.05, 0) is 24.3 Å². The molecule has 18 heavy (non-hydrogen) atoms. The zero-order valence-electron chi connectivity index (χ0n) is 9.71. The zero-order chi connectivity index (χ0) is 13.5. The second kappa shape index (κ2) is 6.45. The van der Waals surface area contributed by atoms with Crippen molar-refractivity contribution in [2.75, 3.05) is 25.6 Å². The lowest BCUT2D eigenvalue weighted by Gasteiger charge is -2.04. The number of ether oxygens (including phenoxy) is 1. The van der Waals surface area contributed by atoms with Crippen molar-refractivity contribution in [2.24, 2.45) is 0 Å². The molecule has 0 saturated heterocycles. The molecule has 0 aliphatic rings. The lowest BCUT2D eigenvalue weighted by Crippen LogP contribution is -2.17. The monoisotopic (exact) mass is 252 g/mol. The van der Waals surface area contributed by atoms with Crippen LogP contribution in [0.5, 0.6) is 0 Å². The maximum absolute atomic E-state index is 11.3. The molecule has 0 spiro atoms. The summed E-state index contributed by atoms with van der Waals surface area (Å²) in [6, 6.07) is 5.85. The maximum atomic E-state index is 11.3. The van der Waals surface area contributed by atoms with Crippen LogP contribution >= 0.6 is 0 Å². The van der Waals surface area contributed by atoms with E-state index in [2.05, 4.69) is 10.1 Å². The standard InChI is InChI=1S/C11H12N2O5/c1-18-7-11(15)12-9-4-2-8(3-5-9)10(14)6-13(16)17/h2-5H,6-7H2,1H3,(H,12,15). The maximum Gasteiger partial charge on any atom is 0.265 e. The van der Waals surface area contributed by atoms with Crippen LogP contribution < -0.4 is 5.32 Å². The first-order chi connectivity index (χ1) is 8.52. The van der Waals surface area contributed by atoms with Crippen LogP contribution in [-0.4, -0.2) is 36.9 Å². The number of hydrogen-bond acceptors (Lipinski definition) is 5. The summed E-state index contributed by atoms with van der Waals surface area (Å²) >= 11 is 0. The molecule has 1 aromatic rings. The van der Waals surface area contributed by atoms with E-state index in [1.165, 1.54) is 31.4 Å². The Morgan fingerprint density at radius 3 is 2.44 bits per heavy atom. The van der Waals surface area contributed by atoms with Crippen LogP contribution in [0.1, 0.15) is 10.4 Å². The number of hydrogen-bond donors (Lipinski definition) is 1. The highest BCUT2D eigenvalue weighted by molar-refractivity contribution is 5.98. The normalized spacial score (nSPS) is 9.83. The number of benzene rings is 1. The third kappa shape index (κ3) is 4.30. The van der Waals surface area contributed by atoms with E-state index < -0.39 is 17.3 Å². The van der Waals surface area contributed by atoms with Gasteiger partial charge in [0.25, 0.3) is 6.54 Å². The molecule has 0 aliphatic carbocycles. The van der Waals surface area contributed by atoms with Gasteiger partial charge in [0.15, 0.2) is 0 Å². The molecule has 0 aromatic heterocycles. The summed E-state index contributed by atoms with van der Waals surface area (Å²) in [4.78, 5) is 32.0. The second-order valence-electron chi connectivity index (χ2n) is 3.47. The van der Waals surface area contributed by atoms with Crippen LogP contribution in [0.2, 0.25) is 0 Å². The predicted molar refractivity (Wildman–Crippen MR) is 63.1 cm³/mol. The third-order valence-corrected chi connectivity index (χ3v) is 2.04. The van der Waals surface area contributed by atoms with Crippen molar-refractivity contribution in [2.45, 2.75) is 0 Å². The Labute approximate surface area is 103 Å². The fourth-order valence-electron chi connectivity index (χ4n) is 1.28. The molecule has 1 N–H and O–H groups in total. The Morgan fingerprint density at radius 1 is 1.33 bits per heavy atom. The third-order valence-electron chi connectivity index (χ3n) is 2.04. The van der Waals surface area contributed by atoms with Gasteiger partial charge in [0.1, 0.15) is 6.61 Å². The number of ketones is 1. The number of carbonyl (C=O) groups excluding carboxylic acids is 2. The molecular formula is C11H12N2O5. The number of nitrogens with zero attached hydrogens (tertiary/aromatic N) is 1. The number of Topliss-reactive ketones (excluding diaryl/α,β-unsaturated/α-hetero) is 1. The number of amides is 1. The van der Waals surface area contributed by atoms with Crippen molar-refractivity contribution in [3.63, 3.8) is 0 Å². The zero-order valence-corrected chi connectivity index (χ0v) is 9.71. The summed E-state index contributed by atoms with van der Waals surface area (Å²) in [6.45, 7) is -0.808. The lowest BCUT2D eigenvalue weighted by atomic mass is 10.1. The van der Waals surface area contributed by atoms with Crippen molar-refractivity contribution in [1.29, 1.82) is 0 Å². The van der Waals surface area contributed by atoms with Gasteiger partial charge in [-0.25, -0.2) is 0 Å². The quantitative estimate of drug-likeness (QED) is 0.457. The average Bonchev–Trinajstić information content (AvgIpc) is 2.29. The Kier molecular flexibility index (Phi) is 4.94. The molecule has 96 valence electrons. The van der Waals surface area contributed by atoms with Crippen molar-refractivity contribution in [1.82, 2.24) is 0 Å². The topological polar surface area (TPSA) is 98.5 Å². The van der Waals surface area contributed by atoms with Gasteiger partial charge in [-0.2, -0.15) is 0 Å². The van der Waals surface area contributed by atoms with Gasteiger partial charge in [0.2, 0.25) is 11.7 Å². The molecule has 0 unspecified atom stereocenters. The van der Waals surface area contributed by atoms with E-state index in [4.69, 9.17) is 0 Å². The summed E-state index contributed by atoms with van der Waals surface area (Å²) in [7, 11) is 1.40. The molecule has 0 heterocycles. The van der Waals surface area contributed by atoms with Crippen LogP contribution in [0.25, 0.3) is 0 Å². The summed E-state index contributed by atoms with van der Waals surface area (Å²) in [5, 5.41) is 12.7. The molecule has 0 fully saturated rings. The average molecular weight is 252 g/mol. The Morgan fingerprint density at radius 2 is 1.94 bits per heavy atom. The van der Waals surface area contributed by atoms with Crippen LogP contribution in [0, 0.1) is 10.1 Å². The molecule has 0 aliphatic heterocycles. The number of methoxy groups -OCH3 is 1. The number of nitro groups is 1. The lowest BCUT2D eigenvalue weighted by molar-refractivity contribution is -0.465. The summed E-state index contributed by atoms with van der Waals surface area (Å²) in [6.07, 6.45) is 0. The minimum absolute atomic E-state index is 0.0675. The molecule has 7 heteroatoms. The molecule has 0 bridgehead atoms. The smallest absolute Gasteiger partial charge is 0.265 e. The largest absolute Gasteiger partial charge is 0.375 e. The highest BCUT2D eigenvalue weighted by atomic mass is 16.6. The highest BCUT2D eigenvalue weighted by Gasteiger charge is 2.12. The molecule has 1 amide bonds. The molecular weight excluding hydrogens is 240 g/mol. The van der Waals surface area contributed by atoms with Crippen molar-refractivity contribution < 1.29 is 19.2 Å². The van der Waals surface area contributed by atoms with Crippen LogP contribution in [0.15, 0.2) is 24.3 Å². The number of nitrogens with one attached hydrogen (secondary N) is 1. The summed E-state index contributed by atoms with van der Waals surface area (Å²) < 4.78 is 4.64. The first-order valence-electron chi connectivity index (χ1n) is 5.07. The fourth-order valence-corrected chi connectivity index (χ4v) is 1.28. The van der Waals surface area contributed by atoms with Crippen LogP contribution in [0.3, 0.4) is 0 Å². The molecule has 1 aromatic carbocycles. The van der Waals surface area contributed by atoms with E-state index in [-0.39, 0.29) is 18.1 Å². The molecule has 0 atom stereocenters. The molecule has 0 radical (unpaired) electrons. The van der Waals surface area contributed by atoms with Crippen LogP contribution in [-0.2, 0) is 9.53 Å². The van der Waals surface area contributed by atoms with Gasteiger partial charge in [-0.15, -0.1) is 0 Å². The minimum atomic E-state index is -0.741. The summed E-state index contributed by atoms with van der Waals surface area (Å²) in [5.74, 6) is -0.892. The van der Waals surface area contributed by atoms with E-state index in [1.807, 2.05) is 0 Å². The van der Waals surface area contributed by atoms with Gasteiger partial charge < -0.3 is 10.1 Å². The van der Waals surface area contributed by atoms with E-state index in [1.54, 1.807) is 0 Å². The van der Waals surface area contributed by atoms with Crippen LogP contribution in [0.4, 0.5) is 5.69 Å². The first kappa shape index (κ1) is 13.8. The minimum Gasteiger partial charge on any atom is -0.375 e. The van der Waals surface area contributed by atoms with Gasteiger partial charge in [-0.1, -0.05) is 0 Å². The first-order valence-corrected chi connectivity index (χ1v) is 5.07. The Bertz CT molecular complexity index is 455. The Hall–Kier alpha value is -2.28. The number of anilines is 1. The van der Waals surface area contributed by atoms with Gasteiger partial charge in [-0.3, -0.25) is 19.7 Å². The SMILES string of the molecule is COCC(=O)Nc1ccc(C(=O)C[N+](=O)[O-])cc1. The molecule has 0 saturated carbocycles. The molecule has 1 rings (SSSR count). The number of carbonyl (C=O) groups is 2. The van der Waals surface area contributed by atoms with Crippen molar-refractivity contribution >= 4 is 17.4 Å². The fraction of sp³-hybridized carbons (Fsp3) is 0.273. The van der Waals surface area contributed by atoms with Gasteiger partial charge in [0, 0.05) is 23.3 Å². The predicted octanol–water partition coefficient (Wildman–Crippen LogP) is 0.731. The van der Waals surface area contributed by atoms with E-state index in [9.17, 15) is 19.7 Å². The molecule has 7 nitrogen and oxygen atoms in total. The number of rotatable bonds is 6.